The lowest BCUT2D eigenvalue weighted by atomic mass is 9.77. The molecule has 2 N–H and O–H groups in total. The molecule has 44 heavy (non-hydrogen) atoms. The van der Waals surface area contributed by atoms with Crippen LogP contribution in [-0.2, 0) is 17.8 Å². The summed E-state index contributed by atoms with van der Waals surface area (Å²) >= 11 is 0. The summed E-state index contributed by atoms with van der Waals surface area (Å²) in [5.74, 6) is 0.723. The molecule has 2 unspecified atom stereocenters. The molecule has 0 radical (unpaired) electrons. The van der Waals surface area contributed by atoms with Crippen molar-refractivity contribution in [1.29, 1.82) is 0 Å². The molecule has 3 aromatic heterocycles. The average Bonchev–Trinajstić information content (AvgIpc) is 3.61. The molecular weight excluding hydrogens is 556 g/mol. The van der Waals surface area contributed by atoms with E-state index in [-0.39, 0.29) is 24.0 Å². The van der Waals surface area contributed by atoms with Gasteiger partial charge in [-0.3, -0.25) is 0 Å². The second-order valence-corrected chi connectivity index (χ2v) is 12.6. The number of likely N-dealkylation sites (tertiary alicyclic amines) is 1. The van der Waals surface area contributed by atoms with E-state index in [0.29, 0.717) is 30.4 Å². The van der Waals surface area contributed by atoms with Crippen LogP contribution in [0.3, 0.4) is 0 Å². The molecule has 10 nitrogen and oxygen atoms in total. The number of carbonyl (C=O) groups excluding carboxylic acids is 1. The average molecular weight is 595 g/mol. The number of ether oxygens (including phenoxy) is 1. The number of rotatable bonds is 8. The van der Waals surface area contributed by atoms with Crippen LogP contribution >= 0.6 is 0 Å². The summed E-state index contributed by atoms with van der Waals surface area (Å²) < 4.78 is 9.77. The van der Waals surface area contributed by atoms with Crippen LogP contribution in [-0.4, -0.2) is 60.4 Å². The van der Waals surface area contributed by atoms with E-state index in [2.05, 4.69) is 65.0 Å². The number of nitrogens with one attached hydrogen (secondary N) is 1. The van der Waals surface area contributed by atoms with E-state index in [4.69, 9.17) is 4.74 Å². The predicted molar refractivity (Wildman–Crippen MR) is 170 cm³/mol. The SMILES string of the molecule is CC(C)(C)C1CC(Cn2ccc3cc(Nc4ncnc5ccn(CCOC(=O)c6ccccc6)c45)ccc32)CCN1C(=O)O. The van der Waals surface area contributed by atoms with Gasteiger partial charge in [0.1, 0.15) is 18.5 Å². The van der Waals surface area contributed by atoms with Crippen molar-refractivity contribution in [2.24, 2.45) is 11.3 Å². The second kappa shape index (κ2) is 12.0. The predicted octanol–water partition coefficient (Wildman–Crippen LogP) is 6.79. The molecule has 1 aliphatic rings. The van der Waals surface area contributed by atoms with E-state index in [0.717, 1.165) is 47.0 Å². The van der Waals surface area contributed by atoms with E-state index >= 15 is 0 Å². The van der Waals surface area contributed by atoms with Crippen LogP contribution in [0.4, 0.5) is 16.3 Å². The number of esters is 1. The van der Waals surface area contributed by atoms with Crippen LogP contribution in [0.5, 0.6) is 0 Å². The maximum atomic E-state index is 12.4. The zero-order chi connectivity index (χ0) is 30.8. The molecule has 228 valence electrons. The van der Waals surface area contributed by atoms with Crippen molar-refractivity contribution in [3.05, 3.63) is 84.9 Å². The normalized spacial score (nSPS) is 17.2. The van der Waals surface area contributed by atoms with Gasteiger partial charge in [-0.2, -0.15) is 0 Å². The molecule has 1 aliphatic heterocycles. The van der Waals surface area contributed by atoms with Gasteiger partial charge in [0.25, 0.3) is 0 Å². The number of carboxylic acid groups (broad SMARTS) is 1. The molecule has 1 amide bonds. The number of hydrogen-bond donors (Lipinski definition) is 2. The molecule has 1 saturated heterocycles. The highest BCUT2D eigenvalue weighted by atomic mass is 16.5. The van der Waals surface area contributed by atoms with Gasteiger partial charge in [0.15, 0.2) is 5.82 Å². The first-order valence-electron chi connectivity index (χ1n) is 15.0. The number of fused-ring (bicyclic) bond motifs is 2. The van der Waals surface area contributed by atoms with Crippen molar-refractivity contribution in [3.8, 4) is 0 Å². The Kier molecular flexibility index (Phi) is 7.99. The summed E-state index contributed by atoms with van der Waals surface area (Å²) in [7, 11) is 0. The largest absolute Gasteiger partial charge is 0.465 e. The number of aromatic nitrogens is 4. The van der Waals surface area contributed by atoms with Gasteiger partial charge in [-0.25, -0.2) is 19.6 Å². The summed E-state index contributed by atoms with van der Waals surface area (Å²) in [4.78, 5) is 34.8. The van der Waals surface area contributed by atoms with Crippen LogP contribution in [0.1, 0.15) is 44.0 Å². The Labute approximate surface area is 256 Å². The van der Waals surface area contributed by atoms with Crippen LogP contribution in [0.15, 0.2) is 79.4 Å². The van der Waals surface area contributed by atoms with Gasteiger partial charge in [-0.05, 0) is 66.6 Å². The minimum Gasteiger partial charge on any atom is -0.465 e. The van der Waals surface area contributed by atoms with Crippen LogP contribution < -0.4 is 5.32 Å². The van der Waals surface area contributed by atoms with Gasteiger partial charge < -0.3 is 29.2 Å². The molecule has 2 aromatic carbocycles. The van der Waals surface area contributed by atoms with Crippen molar-refractivity contribution in [2.75, 3.05) is 18.5 Å². The summed E-state index contributed by atoms with van der Waals surface area (Å²) in [6, 6.07) is 19.3. The molecular formula is C34H38N6O4. The zero-order valence-corrected chi connectivity index (χ0v) is 25.3. The molecule has 0 aliphatic carbocycles. The number of piperidine rings is 1. The van der Waals surface area contributed by atoms with Crippen molar-refractivity contribution < 1.29 is 19.4 Å². The lowest BCUT2D eigenvalue weighted by Crippen LogP contribution is -2.52. The van der Waals surface area contributed by atoms with Gasteiger partial charge in [0.2, 0.25) is 0 Å². The lowest BCUT2D eigenvalue weighted by Gasteiger charge is -2.44. The summed E-state index contributed by atoms with van der Waals surface area (Å²) in [5.41, 5.74) is 4.09. The number of nitrogens with zero attached hydrogens (tertiary/aromatic N) is 5. The van der Waals surface area contributed by atoms with E-state index in [1.165, 1.54) is 0 Å². The summed E-state index contributed by atoms with van der Waals surface area (Å²) in [6.45, 7) is 8.48. The highest BCUT2D eigenvalue weighted by Gasteiger charge is 2.38. The quantitative estimate of drug-likeness (QED) is 0.190. The number of amides is 1. The third-order valence-electron chi connectivity index (χ3n) is 8.57. The molecule has 6 rings (SSSR count). The molecule has 5 aromatic rings. The third-order valence-corrected chi connectivity index (χ3v) is 8.57. The molecule has 0 spiro atoms. The Morgan fingerprint density at radius 1 is 1.02 bits per heavy atom. The van der Waals surface area contributed by atoms with E-state index in [1.54, 1.807) is 23.4 Å². The van der Waals surface area contributed by atoms with Crippen molar-refractivity contribution >= 4 is 45.5 Å². The Morgan fingerprint density at radius 2 is 1.82 bits per heavy atom. The van der Waals surface area contributed by atoms with Crippen molar-refractivity contribution in [1.82, 2.24) is 24.0 Å². The van der Waals surface area contributed by atoms with Crippen molar-refractivity contribution in [3.63, 3.8) is 0 Å². The highest BCUT2D eigenvalue weighted by molar-refractivity contribution is 5.91. The number of carbonyl (C=O) groups is 2. The van der Waals surface area contributed by atoms with Gasteiger partial charge >= 0.3 is 12.1 Å². The monoisotopic (exact) mass is 594 g/mol. The topological polar surface area (TPSA) is 115 Å². The van der Waals surface area contributed by atoms with Gasteiger partial charge in [0.05, 0.1) is 17.6 Å². The third kappa shape index (κ3) is 6.10. The Hall–Kier alpha value is -4.86. The van der Waals surface area contributed by atoms with Crippen LogP contribution in [0.2, 0.25) is 0 Å². The summed E-state index contributed by atoms with van der Waals surface area (Å²) in [6.07, 6.45) is 6.47. The molecule has 10 heteroatoms. The van der Waals surface area contributed by atoms with Gasteiger partial charge in [-0.15, -0.1) is 0 Å². The van der Waals surface area contributed by atoms with Crippen LogP contribution in [0.25, 0.3) is 21.9 Å². The first-order valence-corrected chi connectivity index (χ1v) is 15.0. The van der Waals surface area contributed by atoms with Gasteiger partial charge in [-0.1, -0.05) is 39.0 Å². The fourth-order valence-corrected chi connectivity index (χ4v) is 6.31. The second-order valence-electron chi connectivity index (χ2n) is 12.6. The maximum absolute atomic E-state index is 12.4. The molecule has 0 bridgehead atoms. The fourth-order valence-electron chi connectivity index (χ4n) is 6.31. The van der Waals surface area contributed by atoms with E-state index in [1.807, 2.05) is 41.1 Å². The molecule has 2 atom stereocenters. The maximum Gasteiger partial charge on any atom is 0.407 e. The number of anilines is 2. The highest BCUT2D eigenvalue weighted by Crippen LogP contribution is 2.36. The minimum absolute atomic E-state index is 0.00376. The van der Waals surface area contributed by atoms with E-state index in [9.17, 15) is 14.7 Å². The fraction of sp³-hybridized carbons (Fsp3) is 0.353. The Morgan fingerprint density at radius 3 is 2.59 bits per heavy atom. The number of benzene rings is 2. The molecule has 0 saturated carbocycles. The summed E-state index contributed by atoms with van der Waals surface area (Å²) in [5, 5.41) is 14.3. The Balaban J connectivity index is 1.15. The Bertz CT molecular complexity index is 1790. The lowest BCUT2D eigenvalue weighted by molar-refractivity contribution is 0.0375. The smallest absolute Gasteiger partial charge is 0.407 e. The standard InChI is InChI=1S/C34H38N6O4/c1-34(2,3)29-19-23(11-16-40(29)33(42)43)21-39-14-12-25-20-26(9-10-28(25)39)37-31-30-27(35-22-36-31)13-15-38(30)17-18-44-32(41)24-7-5-4-6-8-24/h4-10,12-15,20,22-23,29H,11,16-19,21H2,1-3H3,(H,42,43)(H,35,36,37). The first-order chi connectivity index (χ1) is 21.2. The molecule has 4 heterocycles. The number of hydrogen-bond acceptors (Lipinski definition) is 6. The van der Waals surface area contributed by atoms with Gasteiger partial charge in [0, 0.05) is 48.1 Å². The minimum atomic E-state index is -0.824. The van der Waals surface area contributed by atoms with Crippen molar-refractivity contribution in [2.45, 2.75) is 52.7 Å². The van der Waals surface area contributed by atoms with E-state index < -0.39 is 6.09 Å². The van der Waals surface area contributed by atoms with Crippen LogP contribution in [0, 0.1) is 11.3 Å². The molecule has 1 fully saturated rings. The zero-order valence-electron chi connectivity index (χ0n) is 25.3. The first kappa shape index (κ1) is 29.2.